The zero-order valence-electron chi connectivity index (χ0n) is 21.9. The number of amides is 1. The largest absolute Gasteiger partial charge is 0.487 e. The maximum absolute atomic E-state index is 12.4. The van der Waals surface area contributed by atoms with Gasteiger partial charge in [0.25, 0.3) is 5.91 Å². The lowest BCUT2D eigenvalue weighted by Gasteiger charge is -2.35. The minimum atomic E-state index is -0.545. The molecule has 4 aromatic rings. The van der Waals surface area contributed by atoms with Gasteiger partial charge in [-0.1, -0.05) is 6.07 Å². The second kappa shape index (κ2) is 10.8. The summed E-state index contributed by atoms with van der Waals surface area (Å²) in [4.78, 5) is 31.1. The Kier molecular flexibility index (Phi) is 7.30. The van der Waals surface area contributed by atoms with Crippen molar-refractivity contribution in [1.82, 2.24) is 19.9 Å². The number of hydrogen-bond acceptors (Lipinski definition) is 10. The molecule has 3 N–H and O–H groups in total. The molecule has 38 heavy (non-hydrogen) atoms. The number of nitrogens with zero attached hydrogens (tertiary/aromatic N) is 5. The van der Waals surface area contributed by atoms with Crippen molar-refractivity contribution in [2.24, 2.45) is 5.73 Å². The molecule has 0 bridgehead atoms. The van der Waals surface area contributed by atoms with E-state index in [9.17, 15) is 4.79 Å². The highest BCUT2D eigenvalue weighted by atomic mass is 32.1. The van der Waals surface area contributed by atoms with Crippen molar-refractivity contribution in [2.75, 3.05) is 50.6 Å². The van der Waals surface area contributed by atoms with E-state index in [1.54, 1.807) is 18.5 Å². The number of likely N-dealkylation sites (N-methyl/N-ethyl adjacent to an activating group) is 1. The molecule has 0 saturated carbocycles. The zero-order chi connectivity index (χ0) is 26.8. The second-order valence-corrected chi connectivity index (χ2v) is 10.4. The molecule has 4 heterocycles. The first kappa shape index (κ1) is 25.7. The molecule has 1 aliphatic heterocycles. The van der Waals surface area contributed by atoms with Gasteiger partial charge in [0.2, 0.25) is 11.8 Å². The normalized spacial score (nSPS) is 14.2. The van der Waals surface area contributed by atoms with Gasteiger partial charge in [-0.2, -0.15) is 0 Å². The van der Waals surface area contributed by atoms with Crippen LogP contribution in [0.5, 0.6) is 11.6 Å². The number of piperazine rings is 1. The summed E-state index contributed by atoms with van der Waals surface area (Å²) in [7, 11) is 3.67. The monoisotopic (exact) mass is 533 g/mol. The number of primary amides is 1. The van der Waals surface area contributed by atoms with E-state index < -0.39 is 5.91 Å². The van der Waals surface area contributed by atoms with E-state index in [2.05, 4.69) is 38.2 Å². The molecule has 0 aliphatic carbocycles. The molecule has 198 valence electrons. The summed E-state index contributed by atoms with van der Waals surface area (Å²) in [6.45, 7) is 7.82. The Bertz CT molecular complexity index is 1460. The van der Waals surface area contributed by atoms with Crippen molar-refractivity contribution in [3.63, 3.8) is 0 Å². The Morgan fingerprint density at radius 3 is 2.63 bits per heavy atom. The summed E-state index contributed by atoms with van der Waals surface area (Å²) in [6.07, 6.45) is 3.31. The highest BCUT2D eigenvalue weighted by Crippen LogP contribution is 2.42. The van der Waals surface area contributed by atoms with E-state index >= 15 is 0 Å². The molecular weight excluding hydrogens is 502 g/mol. The number of anilines is 3. The Labute approximate surface area is 225 Å². The molecule has 1 fully saturated rings. The van der Waals surface area contributed by atoms with E-state index in [0.29, 0.717) is 33.3 Å². The number of thiophene rings is 1. The van der Waals surface area contributed by atoms with Crippen LogP contribution in [-0.4, -0.2) is 72.2 Å². The van der Waals surface area contributed by atoms with Crippen molar-refractivity contribution < 1.29 is 14.3 Å². The van der Waals surface area contributed by atoms with Crippen LogP contribution in [0.2, 0.25) is 0 Å². The summed E-state index contributed by atoms with van der Waals surface area (Å²) in [5, 5.41) is 3.36. The number of nitrogens with two attached hydrogens (primary N) is 1. The van der Waals surface area contributed by atoms with E-state index in [0.717, 1.165) is 48.0 Å². The molecule has 5 rings (SSSR count). The van der Waals surface area contributed by atoms with Crippen LogP contribution >= 0.6 is 11.3 Å². The Balaban J connectivity index is 1.58. The fraction of sp³-hybridized carbons (Fsp3) is 0.333. The van der Waals surface area contributed by atoms with E-state index in [-0.39, 0.29) is 6.10 Å². The number of rotatable bonds is 8. The third-order valence-corrected chi connectivity index (χ3v) is 7.46. The summed E-state index contributed by atoms with van der Waals surface area (Å²) >= 11 is 1.25. The Morgan fingerprint density at radius 2 is 1.92 bits per heavy atom. The number of para-hydroxylation sites is 1. The van der Waals surface area contributed by atoms with Gasteiger partial charge < -0.3 is 30.3 Å². The van der Waals surface area contributed by atoms with Gasteiger partial charge in [-0.05, 0) is 45.2 Å². The molecule has 1 aliphatic rings. The number of methoxy groups -OCH3 is 1. The number of nitrogens with one attached hydrogen (secondary N) is 1. The Hall–Kier alpha value is -3.96. The molecule has 1 saturated heterocycles. The maximum atomic E-state index is 12.4. The van der Waals surface area contributed by atoms with Crippen LogP contribution < -0.4 is 25.4 Å². The van der Waals surface area contributed by atoms with Gasteiger partial charge in [0, 0.05) is 43.5 Å². The lowest BCUT2D eigenvalue weighted by atomic mass is 10.1. The van der Waals surface area contributed by atoms with Crippen LogP contribution in [0.25, 0.3) is 21.3 Å². The van der Waals surface area contributed by atoms with Gasteiger partial charge in [0.15, 0.2) is 5.75 Å². The Morgan fingerprint density at radius 1 is 1.13 bits per heavy atom. The van der Waals surface area contributed by atoms with Crippen molar-refractivity contribution in [2.45, 2.75) is 20.0 Å². The van der Waals surface area contributed by atoms with Gasteiger partial charge in [0.05, 0.1) is 41.0 Å². The highest BCUT2D eigenvalue weighted by molar-refractivity contribution is 7.21. The fourth-order valence-corrected chi connectivity index (χ4v) is 5.50. The number of pyridine rings is 1. The number of aromatic nitrogens is 3. The topological polar surface area (TPSA) is 119 Å². The SMILES string of the molecule is COc1ncccc1-c1c(C(N)=O)sc2cnc(Nc3cccc(N4CCN(C)CC4)c3OC(C)C)nc12. The van der Waals surface area contributed by atoms with Crippen LogP contribution in [-0.2, 0) is 0 Å². The van der Waals surface area contributed by atoms with Crippen LogP contribution in [0.1, 0.15) is 23.5 Å². The minimum Gasteiger partial charge on any atom is -0.487 e. The van der Waals surface area contributed by atoms with Gasteiger partial charge in [-0.3, -0.25) is 4.79 Å². The van der Waals surface area contributed by atoms with Gasteiger partial charge in [-0.15, -0.1) is 11.3 Å². The van der Waals surface area contributed by atoms with E-state index in [1.165, 1.54) is 18.4 Å². The van der Waals surface area contributed by atoms with Gasteiger partial charge in [0.1, 0.15) is 4.88 Å². The molecular formula is C27H31N7O3S. The summed E-state index contributed by atoms with van der Waals surface area (Å²) in [5.41, 5.74) is 9.36. The number of hydrogen-bond donors (Lipinski definition) is 2. The van der Waals surface area contributed by atoms with Gasteiger partial charge >= 0.3 is 0 Å². The van der Waals surface area contributed by atoms with Crippen LogP contribution in [0.4, 0.5) is 17.3 Å². The first-order valence-electron chi connectivity index (χ1n) is 12.4. The van der Waals surface area contributed by atoms with Crippen LogP contribution in [0, 0.1) is 0 Å². The summed E-state index contributed by atoms with van der Waals surface area (Å²) < 4.78 is 12.5. The predicted octanol–water partition coefficient (Wildman–Crippen LogP) is 4.14. The van der Waals surface area contributed by atoms with Crippen molar-refractivity contribution in [3.05, 3.63) is 47.6 Å². The molecule has 10 nitrogen and oxygen atoms in total. The average molecular weight is 534 g/mol. The first-order valence-corrected chi connectivity index (χ1v) is 13.3. The summed E-state index contributed by atoms with van der Waals surface area (Å²) in [5.74, 6) is 0.971. The first-order chi connectivity index (χ1) is 18.4. The molecule has 0 spiro atoms. The third kappa shape index (κ3) is 5.07. The van der Waals surface area contributed by atoms with Crippen LogP contribution in [0.3, 0.4) is 0 Å². The predicted molar refractivity (Wildman–Crippen MR) is 151 cm³/mol. The lowest BCUT2D eigenvalue weighted by Crippen LogP contribution is -2.44. The van der Waals surface area contributed by atoms with Gasteiger partial charge in [-0.25, -0.2) is 15.0 Å². The molecule has 0 unspecified atom stereocenters. The van der Waals surface area contributed by atoms with Crippen molar-refractivity contribution in [3.8, 4) is 22.8 Å². The molecule has 1 aromatic carbocycles. The number of ether oxygens (including phenoxy) is 2. The van der Waals surface area contributed by atoms with Crippen molar-refractivity contribution in [1.29, 1.82) is 0 Å². The van der Waals surface area contributed by atoms with E-state index in [1.807, 2.05) is 32.0 Å². The maximum Gasteiger partial charge on any atom is 0.259 e. The number of benzene rings is 1. The quantitative estimate of drug-likeness (QED) is 0.344. The zero-order valence-corrected chi connectivity index (χ0v) is 22.7. The number of fused-ring (bicyclic) bond motifs is 1. The van der Waals surface area contributed by atoms with Crippen LogP contribution in [0.15, 0.2) is 42.7 Å². The van der Waals surface area contributed by atoms with E-state index in [4.69, 9.17) is 20.2 Å². The fourth-order valence-electron chi connectivity index (χ4n) is 4.52. The highest BCUT2D eigenvalue weighted by Gasteiger charge is 2.24. The molecule has 0 atom stereocenters. The number of carbonyl (C=O) groups excluding carboxylic acids is 1. The standard InChI is InChI=1S/C27H31N7O3S/c1-16(2)37-23-18(8-5-9-19(23)34-13-11-33(3)12-14-34)31-27-30-15-20-22(32-27)21(24(38-20)25(28)35)17-7-6-10-29-26(17)36-4/h5-10,15-16H,11-14H2,1-4H3,(H2,28,35)(H,30,31,32). The number of carbonyl (C=O) groups is 1. The minimum absolute atomic E-state index is 0.0211. The molecule has 11 heteroatoms. The smallest absolute Gasteiger partial charge is 0.259 e. The lowest BCUT2D eigenvalue weighted by molar-refractivity contribution is 0.100. The second-order valence-electron chi connectivity index (χ2n) is 9.37. The molecule has 0 radical (unpaired) electrons. The average Bonchev–Trinajstić information content (AvgIpc) is 3.29. The third-order valence-electron chi connectivity index (χ3n) is 6.33. The van der Waals surface area contributed by atoms with Crippen molar-refractivity contribution >= 4 is 44.8 Å². The summed E-state index contributed by atoms with van der Waals surface area (Å²) in [6, 6.07) is 9.67. The molecule has 3 aromatic heterocycles. The molecule has 1 amide bonds.